The van der Waals surface area contributed by atoms with Crippen molar-refractivity contribution in [1.82, 2.24) is 5.32 Å². The molecule has 6 nitrogen and oxygen atoms in total. The van der Waals surface area contributed by atoms with E-state index in [1.54, 1.807) is 6.07 Å². The highest BCUT2D eigenvalue weighted by Crippen LogP contribution is 2.26. The highest BCUT2D eigenvalue weighted by Gasteiger charge is 2.32. The SMILES string of the molecule is CCOc1ccc([C@@H](C)NC(=O)[C@H](CC)N(c2ccc(C)c(C)c2)S(C)(=O)=O)cc1. The molecule has 0 aromatic heterocycles. The highest BCUT2D eigenvalue weighted by molar-refractivity contribution is 7.92. The molecule has 164 valence electrons. The van der Waals surface area contributed by atoms with E-state index < -0.39 is 16.1 Å². The number of aryl methyl sites for hydroxylation is 2. The molecule has 0 unspecified atom stereocenters. The Labute approximate surface area is 180 Å². The van der Waals surface area contributed by atoms with Gasteiger partial charge in [0.25, 0.3) is 0 Å². The van der Waals surface area contributed by atoms with Crippen LogP contribution in [0.5, 0.6) is 5.75 Å². The first-order valence-corrected chi connectivity index (χ1v) is 12.0. The maximum absolute atomic E-state index is 13.1. The third kappa shape index (κ3) is 5.75. The van der Waals surface area contributed by atoms with Crippen LogP contribution in [-0.4, -0.2) is 33.2 Å². The second-order valence-corrected chi connectivity index (χ2v) is 9.34. The van der Waals surface area contributed by atoms with Gasteiger partial charge in [0, 0.05) is 0 Å². The highest BCUT2D eigenvalue weighted by atomic mass is 32.2. The van der Waals surface area contributed by atoms with Crippen LogP contribution in [0.4, 0.5) is 5.69 Å². The van der Waals surface area contributed by atoms with E-state index in [2.05, 4.69) is 5.32 Å². The van der Waals surface area contributed by atoms with Gasteiger partial charge in [-0.2, -0.15) is 0 Å². The lowest BCUT2D eigenvalue weighted by atomic mass is 10.1. The third-order valence-corrected chi connectivity index (χ3v) is 6.30. The Balaban J connectivity index is 2.27. The molecule has 1 amide bonds. The van der Waals surface area contributed by atoms with Crippen molar-refractivity contribution >= 4 is 21.6 Å². The summed E-state index contributed by atoms with van der Waals surface area (Å²) in [5.41, 5.74) is 3.45. The van der Waals surface area contributed by atoms with Gasteiger partial charge < -0.3 is 10.1 Å². The van der Waals surface area contributed by atoms with Crippen molar-refractivity contribution in [3.8, 4) is 5.75 Å². The summed E-state index contributed by atoms with van der Waals surface area (Å²) in [4.78, 5) is 13.1. The quantitative estimate of drug-likeness (QED) is 0.647. The molecule has 0 spiro atoms. The Morgan fingerprint density at radius 2 is 1.70 bits per heavy atom. The normalized spacial score (nSPS) is 13.4. The van der Waals surface area contributed by atoms with Crippen LogP contribution in [0.25, 0.3) is 0 Å². The topological polar surface area (TPSA) is 75.7 Å². The molecule has 0 saturated heterocycles. The number of amides is 1. The van der Waals surface area contributed by atoms with Gasteiger partial charge in [0.05, 0.1) is 24.6 Å². The standard InChI is InChI=1S/C23H32N2O4S/c1-7-22(25(30(6,27)28)20-12-9-16(3)17(4)15-20)23(26)24-18(5)19-10-13-21(14-11-19)29-8-2/h9-15,18,22H,7-8H2,1-6H3,(H,24,26)/t18-,22+/m1/s1. The van der Waals surface area contributed by atoms with Gasteiger partial charge in [-0.15, -0.1) is 0 Å². The number of carbonyl (C=O) groups excluding carboxylic acids is 1. The van der Waals surface area contributed by atoms with E-state index >= 15 is 0 Å². The second-order valence-electron chi connectivity index (χ2n) is 7.48. The van der Waals surface area contributed by atoms with Gasteiger partial charge >= 0.3 is 0 Å². The molecule has 0 aliphatic heterocycles. The molecule has 0 aliphatic carbocycles. The van der Waals surface area contributed by atoms with Crippen LogP contribution < -0.4 is 14.4 Å². The van der Waals surface area contributed by atoms with Crippen molar-refractivity contribution in [2.24, 2.45) is 0 Å². The smallest absolute Gasteiger partial charge is 0.244 e. The van der Waals surface area contributed by atoms with Crippen molar-refractivity contribution in [3.05, 3.63) is 59.2 Å². The van der Waals surface area contributed by atoms with Crippen LogP contribution in [0.2, 0.25) is 0 Å². The molecule has 0 saturated carbocycles. The lowest BCUT2D eigenvalue weighted by molar-refractivity contribution is -0.122. The summed E-state index contributed by atoms with van der Waals surface area (Å²) in [6.07, 6.45) is 1.48. The molecule has 30 heavy (non-hydrogen) atoms. The van der Waals surface area contributed by atoms with Crippen LogP contribution in [0.15, 0.2) is 42.5 Å². The van der Waals surface area contributed by atoms with Crippen LogP contribution in [0, 0.1) is 13.8 Å². The lowest BCUT2D eigenvalue weighted by Gasteiger charge is -2.31. The number of benzene rings is 2. The summed E-state index contributed by atoms with van der Waals surface area (Å²) in [7, 11) is -3.66. The zero-order valence-electron chi connectivity index (χ0n) is 18.6. The maximum Gasteiger partial charge on any atom is 0.244 e. The second kappa shape index (κ2) is 9.98. The molecule has 2 atom stereocenters. The summed E-state index contributed by atoms with van der Waals surface area (Å²) in [6.45, 7) is 10.1. The number of ether oxygens (including phenoxy) is 1. The number of nitrogens with one attached hydrogen (secondary N) is 1. The Morgan fingerprint density at radius 3 is 2.20 bits per heavy atom. The minimum Gasteiger partial charge on any atom is -0.494 e. The van der Waals surface area contributed by atoms with Crippen molar-refractivity contribution < 1.29 is 17.9 Å². The zero-order chi connectivity index (χ0) is 22.5. The van der Waals surface area contributed by atoms with Crippen LogP contribution >= 0.6 is 0 Å². The lowest BCUT2D eigenvalue weighted by Crippen LogP contribution is -2.49. The van der Waals surface area contributed by atoms with E-state index in [0.29, 0.717) is 18.7 Å². The van der Waals surface area contributed by atoms with Crippen molar-refractivity contribution in [1.29, 1.82) is 0 Å². The van der Waals surface area contributed by atoms with E-state index in [1.807, 2.05) is 71.0 Å². The number of sulfonamides is 1. The number of rotatable bonds is 9. The third-order valence-electron chi connectivity index (χ3n) is 5.12. The maximum atomic E-state index is 13.1. The summed E-state index contributed by atoms with van der Waals surface area (Å²) in [5, 5.41) is 2.96. The fraction of sp³-hybridized carbons (Fsp3) is 0.435. The fourth-order valence-electron chi connectivity index (χ4n) is 3.34. The average Bonchev–Trinajstić information content (AvgIpc) is 2.68. The van der Waals surface area contributed by atoms with E-state index in [9.17, 15) is 13.2 Å². The summed E-state index contributed by atoms with van der Waals surface area (Å²) < 4.78 is 31.9. The molecular weight excluding hydrogens is 400 g/mol. The number of hydrogen-bond donors (Lipinski definition) is 1. The first-order chi connectivity index (χ1) is 14.1. The molecule has 0 bridgehead atoms. The van der Waals surface area contributed by atoms with E-state index in [1.165, 1.54) is 4.31 Å². The molecule has 0 radical (unpaired) electrons. The molecule has 0 fully saturated rings. The first kappa shape index (κ1) is 23.7. The van der Waals surface area contributed by atoms with Gasteiger partial charge in [-0.05, 0) is 75.1 Å². The van der Waals surface area contributed by atoms with Gasteiger partial charge in [0.15, 0.2) is 0 Å². The Bertz CT molecular complexity index is 971. The Morgan fingerprint density at radius 1 is 1.07 bits per heavy atom. The number of nitrogens with zero attached hydrogens (tertiary/aromatic N) is 1. The molecule has 2 aromatic carbocycles. The van der Waals surface area contributed by atoms with Gasteiger partial charge in [-0.25, -0.2) is 8.42 Å². The van der Waals surface area contributed by atoms with Crippen molar-refractivity contribution in [2.45, 2.75) is 53.1 Å². The summed E-state index contributed by atoms with van der Waals surface area (Å²) in [6, 6.07) is 11.8. The molecule has 0 heterocycles. The number of carbonyl (C=O) groups is 1. The van der Waals surface area contributed by atoms with Crippen LogP contribution in [0.3, 0.4) is 0 Å². The van der Waals surface area contributed by atoms with Gasteiger partial charge in [-0.3, -0.25) is 9.10 Å². The largest absolute Gasteiger partial charge is 0.494 e. The molecule has 2 rings (SSSR count). The fourth-order valence-corrected chi connectivity index (χ4v) is 4.54. The van der Waals surface area contributed by atoms with Crippen LogP contribution in [-0.2, 0) is 14.8 Å². The zero-order valence-corrected chi connectivity index (χ0v) is 19.4. The molecule has 0 aliphatic rings. The van der Waals surface area contributed by atoms with E-state index in [-0.39, 0.29) is 11.9 Å². The van der Waals surface area contributed by atoms with Gasteiger partial charge in [0.1, 0.15) is 11.8 Å². The van der Waals surface area contributed by atoms with Crippen molar-refractivity contribution in [3.63, 3.8) is 0 Å². The van der Waals surface area contributed by atoms with Gasteiger partial charge in [0.2, 0.25) is 15.9 Å². The van der Waals surface area contributed by atoms with Gasteiger partial charge in [-0.1, -0.05) is 25.1 Å². The number of hydrogen-bond acceptors (Lipinski definition) is 4. The summed E-state index contributed by atoms with van der Waals surface area (Å²) in [5.74, 6) is 0.437. The molecule has 7 heteroatoms. The Hall–Kier alpha value is -2.54. The monoisotopic (exact) mass is 432 g/mol. The average molecular weight is 433 g/mol. The molecule has 2 aromatic rings. The Kier molecular flexibility index (Phi) is 7.89. The van der Waals surface area contributed by atoms with E-state index in [0.717, 1.165) is 28.7 Å². The molecule has 1 N–H and O–H groups in total. The minimum absolute atomic E-state index is 0.275. The minimum atomic E-state index is -3.66. The predicted octanol–water partition coefficient (Wildman–Crippen LogP) is 4.12. The molecular formula is C23H32N2O4S. The summed E-state index contributed by atoms with van der Waals surface area (Å²) >= 11 is 0. The first-order valence-electron chi connectivity index (χ1n) is 10.2. The predicted molar refractivity (Wildman–Crippen MR) is 121 cm³/mol. The van der Waals surface area contributed by atoms with Crippen molar-refractivity contribution in [2.75, 3.05) is 17.2 Å². The number of anilines is 1. The van der Waals surface area contributed by atoms with E-state index in [4.69, 9.17) is 4.74 Å². The van der Waals surface area contributed by atoms with Crippen LogP contribution in [0.1, 0.15) is 49.9 Å².